The van der Waals surface area contributed by atoms with Gasteiger partial charge in [0.1, 0.15) is 0 Å². The van der Waals surface area contributed by atoms with Gasteiger partial charge < -0.3 is 4.90 Å². The molecule has 1 nitrogen and oxygen atoms in total. The Morgan fingerprint density at radius 3 is 1.71 bits per heavy atom. The molecule has 1 aliphatic rings. The van der Waals surface area contributed by atoms with Crippen LogP contribution in [-0.2, 0) is 5.41 Å². The van der Waals surface area contributed by atoms with E-state index < -0.39 is 5.41 Å². The number of anilines is 3. The van der Waals surface area contributed by atoms with Gasteiger partial charge in [-0.25, -0.2) is 0 Å². The van der Waals surface area contributed by atoms with Gasteiger partial charge >= 0.3 is 0 Å². The minimum Gasteiger partial charge on any atom is -0.310 e. The molecule has 0 saturated carbocycles. The Morgan fingerprint density at radius 2 is 0.983 bits per heavy atom. The molecule has 1 aliphatic carbocycles. The standard InChI is InChI=1S/C58H43N/c1-3-4-8-19-41(2)58(46-23-11-6-12-24-46)56-39-45(55-38-44-22-15-16-27-50(44)51-28-17-18-29-52(51)55)32-36-53(56)54-37-35-49(40-57(54)58)59(47-25-13-7-14-26-47)48-33-30-43(31-34-48)42-20-9-5-10-21-42/h3-40H,2H2,1H3/b4-3-,19-8-. The monoisotopic (exact) mass is 753 g/mol. The summed E-state index contributed by atoms with van der Waals surface area (Å²) in [6.45, 7) is 7.00. The molecule has 0 spiro atoms. The minimum absolute atomic E-state index is 0.678. The van der Waals surface area contributed by atoms with Crippen molar-refractivity contribution in [1.29, 1.82) is 0 Å². The molecule has 59 heavy (non-hydrogen) atoms. The van der Waals surface area contributed by atoms with Crippen LogP contribution in [-0.4, -0.2) is 0 Å². The number of rotatable bonds is 9. The first-order chi connectivity index (χ1) is 29.1. The fraction of sp³-hybridized carbons (Fsp3) is 0.0345. The van der Waals surface area contributed by atoms with E-state index in [1.165, 1.54) is 71.6 Å². The van der Waals surface area contributed by atoms with Gasteiger partial charge in [-0.15, -0.1) is 0 Å². The lowest BCUT2D eigenvalue weighted by Gasteiger charge is -2.35. The molecule has 0 fully saturated rings. The predicted octanol–water partition coefficient (Wildman–Crippen LogP) is 15.8. The average Bonchev–Trinajstić information content (AvgIpc) is 3.60. The van der Waals surface area contributed by atoms with Gasteiger partial charge in [-0.3, -0.25) is 0 Å². The third-order valence-corrected chi connectivity index (χ3v) is 12.0. The van der Waals surface area contributed by atoms with E-state index in [1.54, 1.807) is 0 Å². The number of para-hydroxylation sites is 1. The molecule has 10 rings (SSSR count). The van der Waals surface area contributed by atoms with Crippen LogP contribution in [0.3, 0.4) is 0 Å². The molecule has 0 aromatic heterocycles. The molecular weight excluding hydrogens is 711 g/mol. The zero-order chi connectivity index (χ0) is 39.8. The summed E-state index contributed by atoms with van der Waals surface area (Å²) in [5.74, 6) is 0. The minimum atomic E-state index is -0.678. The normalized spacial score (nSPS) is 14.5. The Kier molecular flexibility index (Phi) is 9.20. The average molecular weight is 754 g/mol. The Bertz CT molecular complexity index is 3050. The highest BCUT2D eigenvalue weighted by molar-refractivity contribution is 6.14. The van der Waals surface area contributed by atoms with Gasteiger partial charge in [-0.2, -0.15) is 0 Å². The summed E-state index contributed by atoms with van der Waals surface area (Å²) in [5, 5.41) is 5.02. The fourth-order valence-corrected chi connectivity index (χ4v) is 9.31. The summed E-state index contributed by atoms with van der Waals surface area (Å²) < 4.78 is 0. The second kappa shape index (κ2) is 15.1. The smallest absolute Gasteiger partial charge is 0.0708 e. The second-order valence-corrected chi connectivity index (χ2v) is 15.3. The zero-order valence-corrected chi connectivity index (χ0v) is 33.1. The van der Waals surface area contributed by atoms with Gasteiger partial charge in [-0.1, -0.05) is 189 Å². The van der Waals surface area contributed by atoms with E-state index in [4.69, 9.17) is 6.58 Å². The van der Waals surface area contributed by atoms with Crippen LogP contribution in [0.2, 0.25) is 0 Å². The lowest BCUT2D eigenvalue weighted by atomic mass is 9.67. The first-order valence-corrected chi connectivity index (χ1v) is 20.4. The van der Waals surface area contributed by atoms with Crippen LogP contribution in [0.5, 0.6) is 0 Å². The summed E-state index contributed by atoms with van der Waals surface area (Å²) in [4.78, 5) is 2.37. The maximum atomic E-state index is 4.94. The number of hydrogen-bond acceptors (Lipinski definition) is 1. The van der Waals surface area contributed by atoms with E-state index in [1.807, 2.05) is 0 Å². The molecule has 0 heterocycles. The first kappa shape index (κ1) is 35.9. The van der Waals surface area contributed by atoms with E-state index in [-0.39, 0.29) is 0 Å². The number of hydrogen-bond donors (Lipinski definition) is 0. The van der Waals surface area contributed by atoms with E-state index >= 15 is 0 Å². The summed E-state index contributed by atoms with van der Waals surface area (Å²) in [7, 11) is 0. The predicted molar refractivity (Wildman–Crippen MR) is 252 cm³/mol. The van der Waals surface area contributed by atoms with Gasteiger partial charge in [0, 0.05) is 17.1 Å². The number of fused-ring (bicyclic) bond motifs is 6. The number of benzene rings is 9. The lowest BCUT2D eigenvalue weighted by molar-refractivity contribution is 0.770. The molecule has 280 valence electrons. The zero-order valence-electron chi connectivity index (χ0n) is 33.1. The molecule has 1 atom stereocenters. The van der Waals surface area contributed by atoms with Crippen molar-refractivity contribution in [1.82, 2.24) is 0 Å². The quantitative estimate of drug-likeness (QED) is 0.105. The van der Waals surface area contributed by atoms with Crippen molar-refractivity contribution in [2.75, 3.05) is 4.90 Å². The van der Waals surface area contributed by atoms with Gasteiger partial charge in [0.15, 0.2) is 0 Å². The molecule has 1 heteroatoms. The molecule has 0 radical (unpaired) electrons. The molecular formula is C58H43N. The molecule has 0 N–H and O–H groups in total. The van der Waals surface area contributed by atoms with Gasteiger partial charge in [0.2, 0.25) is 0 Å². The highest BCUT2D eigenvalue weighted by atomic mass is 15.1. The number of nitrogens with zero attached hydrogens (tertiary/aromatic N) is 1. The summed E-state index contributed by atoms with van der Waals surface area (Å²) in [5.41, 5.74) is 14.5. The van der Waals surface area contributed by atoms with Crippen LogP contribution in [0.4, 0.5) is 17.1 Å². The van der Waals surface area contributed by atoms with Crippen LogP contribution in [0.15, 0.2) is 243 Å². The topological polar surface area (TPSA) is 3.24 Å². The molecule has 9 aromatic rings. The third-order valence-electron chi connectivity index (χ3n) is 12.0. The molecule has 0 saturated heterocycles. The molecule has 9 aromatic carbocycles. The third kappa shape index (κ3) is 6.11. The lowest BCUT2D eigenvalue weighted by Crippen LogP contribution is -2.29. The number of allylic oxidation sites excluding steroid dienone is 5. The molecule has 1 unspecified atom stereocenters. The first-order valence-electron chi connectivity index (χ1n) is 20.4. The van der Waals surface area contributed by atoms with Crippen LogP contribution in [0.25, 0.3) is 54.9 Å². The van der Waals surface area contributed by atoms with E-state index in [0.29, 0.717) is 0 Å². The van der Waals surface area contributed by atoms with Crippen LogP contribution in [0, 0.1) is 0 Å². The Morgan fingerprint density at radius 1 is 0.441 bits per heavy atom. The van der Waals surface area contributed by atoms with Gasteiger partial charge in [0.25, 0.3) is 0 Å². The fourth-order valence-electron chi connectivity index (χ4n) is 9.31. The Balaban J connectivity index is 1.21. The van der Waals surface area contributed by atoms with Crippen molar-refractivity contribution < 1.29 is 0 Å². The maximum Gasteiger partial charge on any atom is 0.0708 e. The summed E-state index contributed by atoms with van der Waals surface area (Å²) in [6, 6.07) is 75.2. The van der Waals surface area contributed by atoms with Crippen molar-refractivity contribution in [3.05, 3.63) is 259 Å². The van der Waals surface area contributed by atoms with Crippen molar-refractivity contribution in [2.45, 2.75) is 12.3 Å². The van der Waals surface area contributed by atoms with Crippen LogP contribution < -0.4 is 4.90 Å². The molecule has 0 amide bonds. The van der Waals surface area contributed by atoms with Gasteiger partial charge in [0.05, 0.1) is 5.41 Å². The highest BCUT2D eigenvalue weighted by Gasteiger charge is 2.46. The van der Waals surface area contributed by atoms with Crippen LogP contribution >= 0.6 is 0 Å². The van der Waals surface area contributed by atoms with Crippen molar-refractivity contribution in [3.8, 4) is 33.4 Å². The van der Waals surface area contributed by atoms with E-state index in [2.05, 4.69) is 242 Å². The van der Waals surface area contributed by atoms with E-state index in [9.17, 15) is 0 Å². The SMILES string of the molecule is C=C(/C=C\C=C/C)C1(c2ccccc2)c2cc(-c3cc4ccccc4c4ccccc34)ccc2-c2ccc(N(c3ccccc3)c3ccc(-c4ccccc4)cc3)cc21. The van der Waals surface area contributed by atoms with Crippen molar-refractivity contribution in [2.24, 2.45) is 0 Å². The van der Waals surface area contributed by atoms with Crippen molar-refractivity contribution >= 4 is 38.6 Å². The second-order valence-electron chi connectivity index (χ2n) is 15.3. The Hall–Kier alpha value is -7.48. The Labute approximate surface area is 347 Å². The molecule has 0 aliphatic heterocycles. The van der Waals surface area contributed by atoms with Gasteiger partial charge in [-0.05, 0) is 133 Å². The van der Waals surface area contributed by atoms with E-state index in [0.717, 1.165) is 22.6 Å². The highest BCUT2D eigenvalue weighted by Crippen LogP contribution is 2.58. The molecule has 0 bridgehead atoms. The van der Waals surface area contributed by atoms with Crippen LogP contribution in [0.1, 0.15) is 23.6 Å². The summed E-state index contributed by atoms with van der Waals surface area (Å²) >= 11 is 0. The van der Waals surface area contributed by atoms with Crippen molar-refractivity contribution in [3.63, 3.8) is 0 Å². The summed E-state index contributed by atoms with van der Waals surface area (Å²) in [6.07, 6.45) is 8.48. The largest absolute Gasteiger partial charge is 0.310 e. The maximum absolute atomic E-state index is 4.94.